The third-order valence-electron chi connectivity index (χ3n) is 3.54. The summed E-state index contributed by atoms with van der Waals surface area (Å²) < 4.78 is 0. The second-order valence-electron chi connectivity index (χ2n) is 5.18. The number of carbonyl (C=O) groups excluding carboxylic acids is 1. The van der Waals surface area contributed by atoms with E-state index in [4.69, 9.17) is 36.5 Å². The van der Waals surface area contributed by atoms with Crippen LogP contribution in [0.4, 0.5) is 0 Å². The largest absolute Gasteiger partial charge is 0.505 e. The normalized spacial score (nSPS) is 10.1. The van der Waals surface area contributed by atoms with Gasteiger partial charge in [0, 0.05) is 17.3 Å². The second-order valence-corrected chi connectivity index (χ2v) is 5.18. The monoisotopic (exact) mass is 337 g/mol. The fourth-order valence-electron chi connectivity index (χ4n) is 2.27. The lowest BCUT2D eigenvalue weighted by Gasteiger charge is -2.19. The predicted octanol–water partition coefficient (Wildman–Crippen LogP) is -3.68. The van der Waals surface area contributed by atoms with Gasteiger partial charge in [-0.3, -0.25) is 9.59 Å². The van der Waals surface area contributed by atoms with Crippen molar-refractivity contribution >= 4 is 65.1 Å². The minimum Gasteiger partial charge on any atom is -0.505 e. The summed E-state index contributed by atoms with van der Waals surface area (Å²) >= 11 is 0. The molecule has 2 rings (SSSR count). The Morgan fingerprint density at radius 2 is 1.81 bits per heavy atom. The summed E-state index contributed by atoms with van der Waals surface area (Å²) in [4.78, 5) is 26.1. The number of rotatable bonds is 4. The maximum Gasteiger partial charge on any atom is 0.322 e. The molecule has 0 unspecified atom stereocenters. The number of pyridine rings is 1. The van der Waals surface area contributed by atoms with E-state index >= 15 is 0 Å². The molecule has 0 aliphatic heterocycles. The van der Waals surface area contributed by atoms with Crippen LogP contribution < -0.4 is 27.2 Å². The summed E-state index contributed by atoms with van der Waals surface area (Å²) in [5.74, 6) is -2.68. The first kappa shape index (κ1) is 19.2. The molecule has 1 heterocycles. The predicted molar refractivity (Wildman–Crippen MR) is 97.6 cm³/mol. The van der Waals surface area contributed by atoms with Crippen LogP contribution in [0.25, 0.3) is 11.1 Å². The number of carboxylic acids is 1. The van der Waals surface area contributed by atoms with Crippen LogP contribution in [0.2, 0.25) is 0 Å². The fraction of sp³-hybridized carbons (Fsp3) is 0.0667. The molecular weight excluding hydrogens is 329 g/mol. The lowest BCUT2D eigenvalue weighted by atomic mass is 9.63. The van der Waals surface area contributed by atoms with Gasteiger partial charge in [-0.25, -0.2) is 4.98 Å². The van der Waals surface area contributed by atoms with Crippen LogP contribution in [0.5, 0.6) is 5.75 Å². The number of carboxylic acid groups (broad SMARTS) is 1. The molecule has 0 spiro atoms. The highest BCUT2D eigenvalue weighted by molar-refractivity contribution is 6.62. The molecule has 1 aromatic heterocycles. The van der Waals surface area contributed by atoms with Crippen LogP contribution in [0.15, 0.2) is 12.3 Å². The lowest BCUT2D eigenvalue weighted by molar-refractivity contribution is -0.135. The molecule has 0 aliphatic rings. The number of nitriles is 1. The van der Waals surface area contributed by atoms with E-state index in [0.717, 1.165) is 6.07 Å². The Balaban J connectivity index is 2.54. The molecule has 0 saturated heterocycles. The van der Waals surface area contributed by atoms with Crippen molar-refractivity contribution in [3.8, 4) is 22.9 Å². The van der Waals surface area contributed by atoms with E-state index in [-0.39, 0.29) is 38.5 Å². The van der Waals surface area contributed by atoms with Gasteiger partial charge >= 0.3 is 5.97 Å². The molecular formula is C15H7B4N3O4. The molecule has 0 aliphatic carbocycles. The number of carbonyl (C=O) groups is 2. The first-order chi connectivity index (χ1) is 12.2. The van der Waals surface area contributed by atoms with Crippen LogP contribution in [0.3, 0.4) is 0 Å². The zero-order valence-corrected chi connectivity index (χ0v) is 13.3. The first-order valence-corrected chi connectivity index (χ1v) is 7.04. The van der Waals surface area contributed by atoms with Crippen molar-refractivity contribution in [2.45, 2.75) is 0 Å². The van der Waals surface area contributed by atoms with Crippen LogP contribution in [0.1, 0.15) is 16.1 Å². The van der Waals surface area contributed by atoms with E-state index in [0.29, 0.717) is 0 Å². The molecule has 3 N–H and O–H groups in total. The molecule has 0 saturated carbocycles. The molecule has 118 valence electrons. The summed E-state index contributed by atoms with van der Waals surface area (Å²) in [6, 6.07) is 2.97. The number of nitrogens with zero attached hydrogens (tertiary/aromatic N) is 2. The summed E-state index contributed by atoms with van der Waals surface area (Å²) in [5, 5.41) is 29.9. The average Bonchev–Trinajstić information content (AvgIpc) is 2.58. The van der Waals surface area contributed by atoms with Crippen LogP contribution in [0, 0.1) is 11.3 Å². The number of benzene rings is 1. The van der Waals surface area contributed by atoms with Crippen LogP contribution in [-0.2, 0) is 4.79 Å². The highest BCUT2D eigenvalue weighted by Crippen LogP contribution is 2.22. The number of nitrogens with one attached hydrogen (secondary N) is 1. The summed E-state index contributed by atoms with van der Waals surface area (Å²) in [6.45, 7) is -0.637. The van der Waals surface area contributed by atoms with Gasteiger partial charge in [-0.05, 0) is 11.6 Å². The van der Waals surface area contributed by atoms with Gasteiger partial charge in [0.1, 0.15) is 43.7 Å². The van der Waals surface area contributed by atoms with E-state index in [9.17, 15) is 20.0 Å². The smallest absolute Gasteiger partial charge is 0.322 e. The average molecular weight is 336 g/mol. The maximum absolute atomic E-state index is 11.8. The standard InChI is InChI=1S/C15H7B4N3O4/c16-10-6(2-20)11(17)13(19)12(18)9(10)5-1-7(23)14(21-3-5)15(26)22-4-8(24)25/h1,3,23H,4H2,(H,22,26)(H,24,25). The lowest BCUT2D eigenvalue weighted by Crippen LogP contribution is -2.46. The second kappa shape index (κ2) is 7.40. The van der Waals surface area contributed by atoms with Gasteiger partial charge in [0.25, 0.3) is 5.91 Å². The van der Waals surface area contributed by atoms with Crippen molar-refractivity contribution in [1.82, 2.24) is 10.3 Å². The number of aliphatic carboxylic acids is 1. The maximum atomic E-state index is 11.8. The Kier molecular flexibility index (Phi) is 5.46. The molecule has 7 nitrogen and oxygen atoms in total. The molecule has 11 heteroatoms. The van der Waals surface area contributed by atoms with E-state index in [1.165, 1.54) is 6.20 Å². The van der Waals surface area contributed by atoms with Gasteiger partial charge in [0.15, 0.2) is 5.69 Å². The van der Waals surface area contributed by atoms with Crippen molar-refractivity contribution < 1.29 is 19.8 Å². The zero-order chi connectivity index (χ0) is 19.6. The topological polar surface area (TPSA) is 123 Å². The highest BCUT2D eigenvalue weighted by Gasteiger charge is 2.18. The fourth-order valence-corrected chi connectivity index (χ4v) is 2.27. The Bertz CT molecular complexity index is 973. The van der Waals surface area contributed by atoms with Crippen molar-refractivity contribution in [3.05, 3.63) is 23.5 Å². The quantitative estimate of drug-likeness (QED) is 0.494. The number of hydrogen-bond donors (Lipinski definition) is 3. The highest BCUT2D eigenvalue weighted by atomic mass is 16.4. The Hall–Kier alpha value is -3.14. The molecule has 1 aromatic carbocycles. The molecule has 26 heavy (non-hydrogen) atoms. The number of aromatic hydroxyl groups is 1. The minimum atomic E-state index is -1.25. The van der Waals surface area contributed by atoms with Crippen molar-refractivity contribution in [2.24, 2.45) is 0 Å². The summed E-state index contributed by atoms with van der Waals surface area (Å²) in [5.41, 5.74) is -0.319. The van der Waals surface area contributed by atoms with Gasteiger partial charge < -0.3 is 15.5 Å². The third-order valence-corrected chi connectivity index (χ3v) is 3.54. The van der Waals surface area contributed by atoms with Gasteiger partial charge in [-0.15, -0.1) is 5.46 Å². The molecule has 0 fully saturated rings. The van der Waals surface area contributed by atoms with E-state index in [2.05, 4.69) is 10.3 Å². The Morgan fingerprint density at radius 3 is 2.35 bits per heavy atom. The van der Waals surface area contributed by atoms with E-state index in [1.54, 1.807) is 0 Å². The molecule has 2 aromatic rings. The zero-order valence-electron chi connectivity index (χ0n) is 13.3. The van der Waals surface area contributed by atoms with Crippen LogP contribution >= 0.6 is 0 Å². The molecule has 0 atom stereocenters. The summed E-state index contributed by atoms with van der Waals surface area (Å²) in [6.07, 6.45) is 1.17. The number of hydrogen-bond acceptors (Lipinski definition) is 5. The minimum absolute atomic E-state index is 0.0109. The van der Waals surface area contributed by atoms with Gasteiger partial charge in [0.05, 0.1) is 6.07 Å². The molecule has 1 amide bonds. The third kappa shape index (κ3) is 3.45. The summed E-state index contributed by atoms with van der Waals surface area (Å²) in [7, 11) is 23.4. The van der Waals surface area contributed by atoms with Crippen molar-refractivity contribution in [3.63, 3.8) is 0 Å². The van der Waals surface area contributed by atoms with E-state index < -0.39 is 29.9 Å². The van der Waals surface area contributed by atoms with Gasteiger partial charge in [0.2, 0.25) is 0 Å². The van der Waals surface area contributed by atoms with Crippen molar-refractivity contribution in [2.75, 3.05) is 6.54 Å². The number of amides is 1. The number of aromatic nitrogens is 1. The van der Waals surface area contributed by atoms with Gasteiger partial charge in [-0.1, -0.05) is 16.4 Å². The Labute approximate surface area is 154 Å². The molecule has 0 bridgehead atoms. The van der Waals surface area contributed by atoms with Gasteiger partial charge in [-0.2, -0.15) is 5.26 Å². The Morgan fingerprint density at radius 1 is 1.15 bits per heavy atom. The van der Waals surface area contributed by atoms with E-state index in [1.807, 2.05) is 6.07 Å². The van der Waals surface area contributed by atoms with Crippen LogP contribution in [-0.4, -0.2) is 65.0 Å². The van der Waals surface area contributed by atoms with Crippen molar-refractivity contribution in [1.29, 1.82) is 5.26 Å². The SMILES string of the molecule is [B]c1c([B])c(C#N)c([B])c(-c2cnc(C(=O)NCC(=O)O)c(O)c2)c1[B]. The first-order valence-electron chi connectivity index (χ1n) is 7.04. The molecule has 8 radical (unpaired) electrons.